The van der Waals surface area contributed by atoms with Crippen molar-refractivity contribution in [1.82, 2.24) is 0 Å². The lowest BCUT2D eigenvalue weighted by Crippen LogP contribution is -2.23. The second-order valence-electron chi connectivity index (χ2n) is 5.96. The average molecular weight is 345 g/mol. The van der Waals surface area contributed by atoms with Crippen LogP contribution < -0.4 is 0 Å². The van der Waals surface area contributed by atoms with E-state index in [1.165, 1.54) is 18.4 Å². The van der Waals surface area contributed by atoms with Gasteiger partial charge in [-0.3, -0.25) is 0 Å². The third-order valence-electron chi connectivity index (χ3n) is 4.16. The molecule has 0 aromatic heterocycles. The molecule has 22 heavy (non-hydrogen) atoms. The molecule has 0 aliphatic carbocycles. The molecule has 0 bridgehead atoms. The van der Waals surface area contributed by atoms with Crippen LogP contribution in [-0.2, 0) is 16.0 Å². The highest BCUT2D eigenvalue weighted by molar-refractivity contribution is 6.42. The van der Waals surface area contributed by atoms with Gasteiger partial charge in [-0.15, -0.1) is 0 Å². The highest BCUT2D eigenvalue weighted by Gasteiger charge is 2.51. The molecular formula is C17H22Cl2O3. The summed E-state index contributed by atoms with van der Waals surface area (Å²) in [6.45, 7) is 0.381. The second-order valence-corrected chi connectivity index (χ2v) is 6.77. The fraction of sp³-hybridized carbons (Fsp3) is 0.588. The Hall–Kier alpha value is -0.770. The highest BCUT2D eigenvalue weighted by Crippen LogP contribution is 2.33. The lowest BCUT2D eigenvalue weighted by Gasteiger charge is -2.06. The van der Waals surface area contributed by atoms with E-state index >= 15 is 0 Å². The van der Waals surface area contributed by atoms with Crippen molar-refractivity contribution in [1.29, 1.82) is 0 Å². The topological polar surface area (TPSA) is 49.8 Å². The van der Waals surface area contributed by atoms with Crippen molar-refractivity contribution in [3.05, 3.63) is 33.8 Å². The van der Waals surface area contributed by atoms with Gasteiger partial charge in [-0.05, 0) is 43.4 Å². The van der Waals surface area contributed by atoms with Crippen molar-refractivity contribution >= 4 is 29.2 Å². The van der Waals surface area contributed by atoms with Gasteiger partial charge in [0.2, 0.25) is 0 Å². The maximum Gasteiger partial charge on any atom is 0.338 e. The van der Waals surface area contributed by atoms with E-state index < -0.39 is 11.6 Å². The summed E-state index contributed by atoms with van der Waals surface area (Å²) in [4.78, 5) is 10.9. The number of carboxylic acids is 1. The number of hydrogen-bond acceptors (Lipinski definition) is 2. The Labute approximate surface area is 141 Å². The molecule has 0 spiro atoms. The van der Waals surface area contributed by atoms with Crippen LogP contribution in [0.4, 0.5) is 0 Å². The van der Waals surface area contributed by atoms with Crippen molar-refractivity contribution in [3.8, 4) is 0 Å². The smallest absolute Gasteiger partial charge is 0.338 e. The summed E-state index contributed by atoms with van der Waals surface area (Å²) in [5.74, 6) is -0.811. The predicted molar refractivity (Wildman–Crippen MR) is 88.8 cm³/mol. The van der Waals surface area contributed by atoms with E-state index in [1.807, 2.05) is 18.2 Å². The first-order chi connectivity index (χ1) is 10.5. The van der Waals surface area contributed by atoms with E-state index in [9.17, 15) is 4.79 Å². The summed E-state index contributed by atoms with van der Waals surface area (Å²) in [6, 6.07) is 5.80. The molecule has 0 amide bonds. The Morgan fingerprint density at radius 1 is 1.09 bits per heavy atom. The zero-order chi connectivity index (χ0) is 16.0. The van der Waals surface area contributed by atoms with E-state index in [-0.39, 0.29) is 0 Å². The summed E-state index contributed by atoms with van der Waals surface area (Å²) in [5, 5.41) is 10.2. The quantitative estimate of drug-likeness (QED) is 0.473. The number of carbonyl (C=O) groups is 1. The molecule has 1 heterocycles. The number of carboxylic acid groups (broad SMARTS) is 1. The van der Waals surface area contributed by atoms with Gasteiger partial charge in [0, 0.05) is 0 Å². The van der Waals surface area contributed by atoms with Gasteiger partial charge in [-0.1, -0.05) is 55.0 Å². The van der Waals surface area contributed by atoms with Gasteiger partial charge in [0.25, 0.3) is 0 Å². The van der Waals surface area contributed by atoms with Crippen molar-refractivity contribution in [2.24, 2.45) is 0 Å². The van der Waals surface area contributed by atoms with Gasteiger partial charge in [0.05, 0.1) is 16.7 Å². The standard InChI is InChI=1S/C17H22Cl2O3/c18-14-9-8-13(11-15(14)19)7-5-3-1-2-4-6-10-17(12-22-17)16(20)21/h8-9,11H,1-7,10,12H2,(H,20,21). The largest absolute Gasteiger partial charge is 0.479 e. The molecule has 0 saturated carbocycles. The first kappa shape index (κ1) is 17.6. The first-order valence-electron chi connectivity index (χ1n) is 7.85. The van der Waals surface area contributed by atoms with Gasteiger partial charge in [0.15, 0.2) is 5.60 Å². The van der Waals surface area contributed by atoms with Gasteiger partial charge in [0.1, 0.15) is 0 Å². The molecule has 1 atom stereocenters. The van der Waals surface area contributed by atoms with Crippen LogP contribution in [0.5, 0.6) is 0 Å². The number of unbranched alkanes of at least 4 members (excludes halogenated alkanes) is 5. The summed E-state index contributed by atoms with van der Waals surface area (Å²) in [7, 11) is 0. The number of aliphatic carboxylic acids is 1. The molecule has 0 radical (unpaired) electrons. The van der Waals surface area contributed by atoms with Crippen molar-refractivity contribution in [2.45, 2.75) is 57.0 Å². The number of aryl methyl sites for hydroxylation is 1. The van der Waals surface area contributed by atoms with Crippen molar-refractivity contribution in [2.75, 3.05) is 6.61 Å². The second kappa shape index (κ2) is 8.19. The summed E-state index contributed by atoms with van der Waals surface area (Å²) >= 11 is 11.9. The lowest BCUT2D eigenvalue weighted by atomic mass is 10.0. The number of halogens is 2. The Kier molecular flexibility index (Phi) is 6.54. The van der Waals surface area contributed by atoms with Crippen LogP contribution in [-0.4, -0.2) is 23.3 Å². The molecule has 1 aliphatic heterocycles. The lowest BCUT2D eigenvalue weighted by molar-refractivity contribution is -0.143. The molecule has 2 rings (SSSR count). The Morgan fingerprint density at radius 3 is 2.32 bits per heavy atom. The molecule has 5 heteroatoms. The molecule has 1 unspecified atom stereocenters. The number of benzene rings is 1. The Bertz CT molecular complexity index is 513. The summed E-state index contributed by atoms with van der Waals surface area (Å²) in [6.07, 6.45) is 8.32. The summed E-state index contributed by atoms with van der Waals surface area (Å²) < 4.78 is 5.05. The number of epoxide rings is 1. The minimum Gasteiger partial charge on any atom is -0.479 e. The van der Waals surface area contributed by atoms with E-state index in [0.29, 0.717) is 23.1 Å². The fourth-order valence-electron chi connectivity index (χ4n) is 2.60. The van der Waals surface area contributed by atoms with Crippen LogP contribution >= 0.6 is 23.2 Å². The maximum absolute atomic E-state index is 10.9. The first-order valence-corrected chi connectivity index (χ1v) is 8.60. The van der Waals surface area contributed by atoms with E-state index in [0.717, 1.165) is 32.1 Å². The Morgan fingerprint density at radius 2 is 1.73 bits per heavy atom. The molecule has 1 aromatic rings. The number of ether oxygens (including phenoxy) is 1. The fourth-order valence-corrected chi connectivity index (χ4v) is 2.92. The predicted octanol–water partition coefficient (Wildman–Crippen LogP) is 5.12. The van der Waals surface area contributed by atoms with E-state index in [4.69, 9.17) is 33.0 Å². The molecule has 1 aliphatic rings. The minimum absolute atomic E-state index is 0.381. The maximum atomic E-state index is 10.9. The number of rotatable bonds is 10. The van der Waals surface area contributed by atoms with Crippen LogP contribution in [0.3, 0.4) is 0 Å². The molecule has 1 fully saturated rings. The van der Waals surface area contributed by atoms with Crippen LogP contribution in [0, 0.1) is 0 Å². The zero-order valence-electron chi connectivity index (χ0n) is 12.6. The van der Waals surface area contributed by atoms with Crippen LogP contribution in [0.15, 0.2) is 18.2 Å². The minimum atomic E-state index is -0.839. The third-order valence-corrected chi connectivity index (χ3v) is 4.90. The molecule has 1 aromatic carbocycles. The Balaban J connectivity index is 1.49. The van der Waals surface area contributed by atoms with Gasteiger partial charge < -0.3 is 9.84 Å². The van der Waals surface area contributed by atoms with Crippen molar-refractivity contribution in [3.63, 3.8) is 0 Å². The SMILES string of the molecule is O=C(O)C1(CCCCCCCCc2ccc(Cl)c(Cl)c2)CO1. The average Bonchev–Trinajstić information content (AvgIpc) is 3.27. The van der Waals surface area contributed by atoms with Crippen LogP contribution in [0.2, 0.25) is 10.0 Å². The van der Waals surface area contributed by atoms with E-state index in [1.54, 1.807) is 0 Å². The molecule has 1 N–H and O–H groups in total. The molecular weight excluding hydrogens is 323 g/mol. The highest BCUT2D eigenvalue weighted by atomic mass is 35.5. The monoisotopic (exact) mass is 344 g/mol. The normalized spacial score (nSPS) is 20.1. The van der Waals surface area contributed by atoms with Gasteiger partial charge >= 0.3 is 5.97 Å². The third kappa shape index (κ3) is 5.15. The van der Waals surface area contributed by atoms with Crippen LogP contribution in [0.25, 0.3) is 0 Å². The molecule has 3 nitrogen and oxygen atoms in total. The van der Waals surface area contributed by atoms with Gasteiger partial charge in [-0.2, -0.15) is 0 Å². The zero-order valence-corrected chi connectivity index (χ0v) is 14.1. The van der Waals surface area contributed by atoms with Gasteiger partial charge in [-0.25, -0.2) is 4.79 Å². The molecule has 1 saturated heterocycles. The van der Waals surface area contributed by atoms with Crippen LogP contribution in [0.1, 0.15) is 50.5 Å². The summed E-state index contributed by atoms with van der Waals surface area (Å²) in [5.41, 5.74) is 0.386. The van der Waals surface area contributed by atoms with E-state index in [2.05, 4.69) is 0 Å². The number of hydrogen-bond donors (Lipinski definition) is 1. The van der Waals surface area contributed by atoms with Crippen molar-refractivity contribution < 1.29 is 14.6 Å². The molecule has 122 valence electrons.